The summed E-state index contributed by atoms with van der Waals surface area (Å²) in [5.41, 5.74) is 16.5. The van der Waals surface area contributed by atoms with Gasteiger partial charge in [0.25, 0.3) is 0 Å². The number of rotatable bonds is 6. The molecule has 31 heavy (non-hydrogen) atoms. The van der Waals surface area contributed by atoms with Gasteiger partial charge in [0.05, 0.1) is 9.52 Å². The number of hydrogen-bond acceptors (Lipinski definition) is 0. The van der Waals surface area contributed by atoms with Crippen LogP contribution in [0.15, 0.2) is 47.5 Å². The van der Waals surface area contributed by atoms with Crippen LogP contribution in [0.3, 0.4) is 0 Å². The first-order valence-corrected chi connectivity index (χ1v) is 13.2. The van der Waals surface area contributed by atoms with Gasteiger partial charge in [-0.25, -0.2) is 0 Å². The molecule has 0 N–H and O–H groups in total. The van der Waals surface area contributed by atoms with E-state index >= 15 is 0 Å². The van der Waals surface area contributed by atoms with Crippen LogP contribution >= 0.6 is 0 Å². The van der Waals surface area contributed by atoms with Gasteiger partial charge in [-0.15, -0.1) is 0 Å². The average Bonchev–Trinajstić information content (AvgIpc) is 3.08. The Morgan fingerprint density at radius 1 is 0.645 bits per heavy atom. The Labute approximate surface area is 192 Å². The fourth-order valence-electron chi connectivity index (χ4n) is 5.48. The highest BCUT2D eigenvalue weighted by molar-refractivity contribution is 6.44. The minimum Gasteiger partial charge on any atom is -0.0655 e. The lowest BCUT2D eigenvalue weighted by Gasteiger charge is -2.21. The fourth-order valence-corrected chi connectivity index (χ4v) is 7.61. The molecule has 162 valence electrons. The van der Waals surface area contributed by atoms with Crippen LogP contribution in [-0.2, 0) is 12.8 Å². The Hall–Kier alpha value is -1.86. The Morgan fingerprint density at radius 2 is 1.03 bits per heavy atom. The SMILES string of the molecule is CC1=C(C)C([Si]C2C(C)=C(C)c3cc(CC(C)C)ccc32)c2ccc(CC(C)C)cc21. The molecule has 2 atom stereocenters. The van der Waals surface area contributed by atoms with Crippen molar-refractivity contribution in [3.8, 4) is 0 Å². The van der Waals surface area contributed by atoms with E-state index in [4.69, 9.17) is 0 Å². The van der Waals surface area contributed by atoms with Gasteiger partial charge in [0, 0.05) is 0 Å². The predicted molar refractivity (Wildman–Crippen MR) is 138 cm³/mol. The molecule has 0 bridgehead atoms. The third-order valence-corrected chi connectivity index (χ3v) is 9.49. The molecule has 0 aromatic heterocycles. The Morgan fingerprint density at radius 3 is 1.39 bits per heavy atom. The van der Waals surface area contributed by atoms with Gasteiger partial charge in [-0.1, -0.05) is 75.2 Å². The van der Waals surface area contributed by atoms with Crippen molar-refractivity contribution in [2.24, 2.45) is 11.8 Å². The Bertz CT molecular complexity index is 978. The van der Waals surface area contributed by atoms with Gasteiger partial charge in [0.1, 0.15) is 0 Å². The topological polar surface area (TPSA) is 0 Å². The van der Waals surface area contributed by atoms with Gasteiger partial charge in [-0.05, 0) is 108 Å². The van der Waals surface area contributed by atoms with Crippen molar-refractivity contribution in [2.45, 2.75) is 79.3 Å². The summed E-state index contributed by atoms with van der Waals surface area (Å²) in [6.45, 7) is 18.7. The van der Waals surface area contributed by atoms with Crippen LogP contribution in [0.2, 0.25) is 0 Å². The Balaban J connectivity index is 1.66. The first-order valence-electron chi connectivity index (χ1n) is 12.0. The third kappa shape index (κ3) is 4.14. The predicted octanol–water partition coefficient (Wildman–Crippen LogP) is 8.18. The molecule has 0 saturated carbocycles. The van der Waals surface area contributed by atoms with Crippen molar-refractivity contribution in [1.29, 1.82) is 0 Å². The lowest BCUT2D eigenvalue weighted by molar-refractivity contribution is 0.647. The average molecular weight is 427 g/mol. The zero-order chi connectivity index (χ0) is 22.4. The van der Waals surface area contributed by atoms with E-state index < -0.39 is 0 Å². The molecular formula is C30H38Si. The molecule has 0 amide bonds. The van der Waals surface area contributed by atoms with Gasteiger partial charge >= 0.3 is 0 Å². The standard InChI is InChI=1S/C30H38Si/c1-17(2)13-23-9-11-25-27(15-23)19(5)21(7)29(25)31-30-22(8)20(6)28-16-24(14-18(3)4)10-12-26(28)30/h9-12,15-18,29-30H,13-14H2,1-8H3. The first-order chi connectivity index (χ1) is 14.7. The van der Waals surface area contributed by atoms with E-state index in [2.05, 4.69) is 91.8 Å². The van der Waals surface area contributed by atoms with Crippen LogP contribution in [0.5, 0.6) is 0 Å². The molecule has 2 aliphatic rings. The molecule has 2 radical (unpaired) electrons. The van der Waals surface area contributed by atoms with Crippen LogP contribution in [0, 0.1) is 11.8 Å². The van der Waals surface area contributed by atoms with Crippen LogP contribution in [-0.4, -0.2) is 9.52 Å². The highest BCUT2D eigenvalue weighted by Crippen LogP contribution is 2.48. The van der Waals surface area contributed by atoms with Gasteiger partial charge < -0.3 is 0 Å². The van der Waals surface area contributed by atoms with E-state index in [1.54, 1.807) is 22.3 Å². The van der Waals surface area contributed by atoms with Crippen molar-refractivity contribution < 1.29 is 0 Å². The van der Waals surface area contributed by atoms with Gasteiger partial charge in [-0.3, -0.25) is 0 Å². The van der Waals surface area contributed by atoms with Crippen molar-refractivity contribution in [1.82, 2.24) is 0 Å². The van der Waals surface area contributed by atoms with Crippen LogP contribution in [0.25, 0.3) is 11.1 Å². The summed E-state index contributed by atoms with van der Waals surface area (Å²) in [4.78, 5) is 0. The molecule has 0 nitrogen and oxygen atoms in total. The minimum absolute atomic E-state index is 0.567. The molecule has 4 rings (SSSR count). The summed E-state index contributed by atoms with van der Waals surface area (Å²) in [5, 5.41) is 0. The molecule has 0 saturated heterocycles. The molecule has 0 heterocycles. The van der Waals surface area contributed by atoms with E-state index in [9.17, 15) is 0 Å². The van der Waals surface area contributed by atoms with Crippen molar-refractivity contribution in [3.05, 3.63) is 80.9 Å². The minimum atomic E-state index is 0.567. The number of fused-ring (bicyclic) bond motifs is 2. The summed E-state index contributed by atoms with van der Waals surface area (Å²) in [7, 11) is 0.876. The second-order valence-electron chi connectivity index (χ2n) is 10.7. The van der Waals surface area contributed by atoms with Gasteiger partial charge in [0.15, 0.2) is 0 Å². The van der Waals surface area contributed by atoms with Crippen LogP contribution in [0.1, 0.15) is 99.9 Å². The molecule has 2 unspecified atom stereocenters. The summed E-state index contributed by atoms with van der Waals surface area (Å²) in [6.07, 6.45) is 2.34. The molecule has 2 aromatic rings. The smallest absolute Gasteiger partial charge is 0.0655 e. The van der Waals surface area contributed by atoms with Crippen molar-refractivity contribution in [3.63, 3.8) is 0 Å². The summed E-state index contributed by atoms with van der Waals surface area (Å²) in [5.74, 6) is 1.41. The van der Waals surface area contributed by atoms with E-state index in [0.717, 1.165) is 9.52 Å². The second-order valence-corrected chi connectivity index (χ2v) is 12.2. The lowest BCUT2D eigenvalue weighted by Crippen LogP contribution is -2.17. The monoisotopic (exact) mass is 426 g/mol. The summed E-state index contributed by atoms with van der Waals surface area (Å²) >= 11 is 0. The molecular weight excluding hydrogens is 388 g/mol. The fraction of sp³-hybridized carbons (Fsp3) is 0.467. The summed E-state index contributed by atoms with van der Waals surface area (Å²) < 4.78 is 0. The largest absolute Gasteiger partial charge is 0.0678 e. The van der Waals surface area contributed by atoms with E-state index in [1.807, 2.05) is 0 Å². The molecule has 0 spiro atoms. The number of hydrogen-bond donors (Lipinski definition) is 0. The van der Waals surface area contributed by atoms with E-state index in [1.165, 1.54) is 46.2 Å². The van der Waals surface area contributed by atoms with Crippen molar-refractivity contribution >= 4 is 20.7 Å². The maximum Gasteiger partial charge on any atom is 0.0678 e. The zero-order valence-electron chi connectivity index (χ0n) is 20.7. The zero-order valence-corrected chi connectivity index (χ0v) is 21.7. The maximum atomic E-state index is 2.48. The first kappa shape index (κ1) is 22.3. The Kier molecular flexibility index (Phi) is 6.18. The number of benzene rings is 2. The molecule has 2 aliphatic carbocycles. The second kappa shape index (κ2) is 8.58. The molecule has 2 aromatic carbocycles. The quantitative estimate of drug-likeness (QED) is 0.408. The van der Waals surface area contributed by atoms with Gasteiger partial charge in [0.2, 0.25) is 0 Å². The lowest BCUT2D eigenvalue weighted by atomic mass is 9.97. The maximum absolute atomic E-state index is 2.48. The molecule has 1 heteroatoms. The molecule has 0 fully saturated rings. The highest BCUT2D eigenvalue weighted by Gasteiger charge is 2.34. The summed E-state index contributed by atoms with van der Waals surface area (Å²) in [6, 6.07) is 14.6. The van der Waals surface area contributed by atoms with Gasteiger partial charge in [-0.2, -0.15) is 0 Å². The molecule has 0 aliphatic heterocycles. The van der Waals surface area contributed by atoms with E-state index in [-0.39, 0.29) is 0 Å². The van der Waals surface area contributed by atoms with Crippen molar-refractivity contribution in [2.75, 3.05) is 0 Å². The van der Waals surface area contributed by atoms with E-state index in [0.29, 0.717) is 22.9 Å². The number of allylic oxidation sites excluding steroid dienone is 4. The van der Waals surface area contributed by atoms with Crippen LogP contribution in [0.4, 0.5) is 0 Å². The van der Waals surface area contributed by atoms with Crippen LogP contribution < -0.4 is 0 Å². The highest BCUT2D eigenvalue weighted by atomic mass is 28.2. The normalized spacial score (nSPS) is 20.3. The third-order valence-electron chi connectivity index (χ3n) is 7.34.